The van der Waals surface area contributed by atoms with Crippen LogP contribution >= 0.6 is 0 Å². The van der Waals surface area contributed by atoms with Crippen LogP contribution in [0.4, 0.5) is 8.78 Å². The molecule has 1 aromatic carbocycles. The van der Waals surface area contributed by atoms with E-state index in [4.69, 9.17) is 5.26 Å². The minimum absolute atomic E-state index is 0.198. The molecule has 4 rings (SSSR count). The first-order chi connectivity index (χ1) is 13.9. The third kappa shape index (κ3) is 3.17. The van der Waals surface area contributed by atoms with Crippen LogP contribution in [0.1, 0.15) is 29.3 Å². The van der Waals surface area contributed by atoms with Gasteiger partial charge in [-0.3, -0.25) is 9.79 Å². The van der Waals surface area contributed by atoms with Gasteiger partial charge >= 0.3 is 0 Å². The van der Waals surface area contributed by atoms with E-state index in [2.05, 4.69) is 20.3 Å². The van der Waals surface area contributed by atoms with Crippen LogP contribution in [0.15, 0.2) is 64.5 Å². The molecule has 0 amide bonds. The van der Waals surface area contributed by atoms with E-state index in [-0.39, 0.29) is 11.4 Å². The highest BCUT2D eigenvalue weighted by Crippen LogP contribution is 2.38. The van der Waals surface area contributed by atoms with Gasteiger partial charge in [-0.25, -0.2) is 9.37 Å². The number of H-pyrrole nitrogens is 1. The minimum Gasteiger partial charge on any atom is -0.353 e. The van der Waals surface area contributed by atoms with Crippen molar-refractivity contribution in [2.24, 2.45) is 4.99 Å². The highest BCUT2D eigenvalue weighted by molar-refractivity contribution is 6.00. The highest BCUT2D eigenvalue weighted by Gasteiger charge is 2.45. The predicted octanol–water partition coefficient (Wildman–Crippen LogP) is 2.60. The van der Waals surface area contributed by atoms with Crippen molar-refractivity contribution in [3.63, 3.8) is 0 Å². The zero-order valence-electron chi connectivity index (χ0n) is 15.3. The molecule has 2 atom stereocenters. The number of aliphatic imine (C=N–C) groups is 1. The number of aromatic nitrogens is 2. The molecule has 0 aliphatic carbocycles. The number of amidine groups is 1. The summed E-state index contributed by atoms with van der Waals surface area (Å²) in [6, 6.07) is 13.0. The Bertz CT molecular complexity index is 1150. The molecular weight excluding hydrogens is 376 g/mol. The van der Waals surface area contributed by atoms with Gasteiger partial charge in [-0.2, -0.15) is 9.65 Å². The molecule has 1 aliphatic rings. The minimum atomic E-state index is -0.969. The van der Waals surface area contributed by atoms with Crippen molar-refractivity contribution >= 4 is 5.84 Å². The Morgan fingerprint density at radius 2 is 1.83 bits per heavy atom. The zero-order chi connectivity index (χ0) is 20.6. The molecule has 0 bridgehead atoms. The van der Waals surface area contributed by atoms with Gasteiger partial charge in [0.15, 0.2) is 0 Å². The van der Waals surface area contributed by atoms with Crippen molar-refractivity contribution < 1.29 is 8.78 Å². The van der Waals surface area contributed by atoms with Gasteiger partial charge in [0.05, 0.1) is 23.4 Å². The summed E-state index contributed by atoms with van der Waals surface area (Å²) in [7, 11) is 0. The molecule has 2 N–H and O–H groups in total. The summed E-state index contributed by atoms with van der Waals surface area (Å²) in [4.78, 5) is 23.0. The fraction of sp³-hybridized carbons (Fsp3) is 0.143. The van der Waals surface area contributed by atoms with Crippen molar-refractivity contribution in [3.05, 3.63) is 99.2 Å². The van der Waals surface area contributed by atoms with Gasteiger partial charge in [-0.05, 0) is 36.8 Å². The molecule has 0 saturated heterocycles. The lowest BCUT2D eigenvalue weighted by atomic mass is 9.79. The van der Waals surface area contributed by atoms with Crippen molar-refractivity contribution in [2.45, 2.75) is 18.5 Å². The van der Waals surface area contributed by atoms with Crippen molar-refractivity contribution in [3.8, 4) is 6.07 Å². The Labute approximate surface area is 164 Å². The van der Waals surface area contributed by atoms with Gasteiger partial charge in [0.25, 0.3) is 0 Å². The average molecular weight is 391 g/mol. The second kappa shape index (κ2) is 6.95. The maximum absolute atomic E-state index is 13.5. The van der Waals surface area contributed by atoms with E-state index in [0.29, 0.717) is 22.7 Å². The topological polar surface area (TPSA) is 93.9 Å². The van der Waals surface area contributed by atoms with E-state index in [9.17, 15) is 13.6 Å². The van der Waals surface area contributed by atoms with Gasteiger partial charge in [-0.1, -0.05) is 18.2 Å². The molecule has 0 radical (unpaired) electrons. The molecular formula is C21H15F2N5O. The van der Waals surface area contributed by atoms with Crippen LogP contribution in [0.25, 0.3) is 0 Å². The molecule has 0 saturated carbocycles. The Balaban J connectivity index is 1.86. The smallest absolute Gasteiger partial charge is 0.249 e. The van der Waals surface area contributed by atoms with Crippen LogP contribution in [-0.4, -0.2) is 21.8 Å². The predicted molar refractivity (Wildman–Crippen MR) is 102 cm³/mol. The van der Waals surface area contributed by atoms with Gasteiger partial charge in [0.2, 0.25) is 11.5 Å². The van der Waals surface area contributed by atoms with Crippen LogP contribution in [0, 0.1) is 23.1 Å². The second-order valence-corrected chi connectivity index (χ2v) is 6.72. The van der Waals surface area contributed by atoms with Gasteiger partial charge in [0.1, 0.15) is 17.2 Å². The normalized spacial score (nSPS) is 20.6. The molecule has 8 heteroatoms. The summed E-state index contributed by atoms with van der Waals surface area (Å²) in [6.07, 6.45) is 1.40. The lowest BCUT2D eigenvalue weighted by molar-refractivity contribution is 0.430. The summed E-state index contributed by atoms with van der Waals surface area (Å²) in [5.74, 6) is -0.653. The number of rotatable bonds is 3. The van der Waals surface area contributed by atoms with Crippen LogP contribution in [0.5, 0.6) is 0 Å². The fourth-order valence-electron chi connectivity index (χ4n) is 3.60. The van der Waals surface area contributed by atoms with E-state index in [1.807, 2.05) is 13.0 Å². The number of hydrogen-bond donors (Lipinski definition) is 2. The number of nitriles is 1. The van der Waals surface area contributed by atoms with Crippen LogP contribution in [-0.2, 0) is 5.54 Å². The highest BCUT2D eigenvalue weighted by atomic mass is 19.1. The molecule has 6 nitrogen and oxygen atoms in total. The maximum Gasteiger partial charge on any atom is 0.249 e. The van der Waals surface area contributed by atoms with E-state index < -0.39 is 23.1 Å². The third-order valence-corrected chi connectivity index (χ3v) is 4.98. The van der Waals surface area contributed by atoms with E-state index in [0.717, 1.165) is 0 Å². The summed E-state index contributed by atoms with van der Waals surface area (Å²) in [5, 5.41) is 12.5. The number of hydrogen-bond acceptors (Lipinski definition) is 5. The first-order valence-electron chi connectivity index (χ1n) is 8.81. The van der Waals surface area contributed by atoms with E-state index in [1.165, 1.54) is 36.5 Å². The first kappa shape index (κ1) is 18.5. The quantitative estimate of drug-likeness (QED) is 0.671. The summed E-state index contributed by atoms with van der Waals surface area (Å²) in [5.41, 5.74) is 0.457. The Hall–Kier alpha value is -3.86. The number of nitrogens with zero attached hydrogens (tertiary/aromatic N) is 3. The summed E-state index contributed by atoms with van der Waals surface area (Å²) in [6.45, 7) is 1.85. The molecule has 0 unspecified atom stereocenters. The van der Waals surface area contributed by atoms with Crippen molar-refractivity contribution in [1.29, 1.82) is 5.26 Å². The van der Waals surface area contributed by atoms with Gasteiger partial charge < -0.3 is 10.3 Å². The average Bonchev–Trinajstić information content (AvgIpc) is 3.07. The molecule has 1 aliphatic heterocycles. The molecule has 3 heterocycles. The van der Waals surface area contributed by atoms with E-state index >= 15 is 0 Å². The molecule has 144 valence electrons. The summed E-state index contributed by atoms with van der Waals surface area (Å²) >= 11 is 0. The van der Waals surface area contributed by atoms with E-state index in [1.54, 1.807) is 18.2 Å². The van der Waals surface area contributed by atoms with Crippen LogP contribution in [0.3, 0.4) is 0 Å². The summed E-state index contributed by atoms with van der Waals surface area (Å²) < 4.78 is 27.0. The number of halogens is 2. The molecule has 0 fully saturated rings. The van der Waals surface area contributed by atoms with Crippen molar-refractivity contribution in [1.82, 2.24) is 15.3 Å². The van der Waals surface area contributed by atoms with Crippen LogP contribution in [0.2, 0.25) is 0 Å². The van der Waals surface area contributed by atoms with Crippen molar-refractivity contribution in [2.75, 3.05) is 0 Å². The monoisotopic (exact) mass is 391 g/mol. The Morgan fingerprint density at radius 3 is 2.48 bits per heavy atom. The van der Waals surface area contributed by atoms with Gasteiger partial charge in [0, 0.05) is 17.8 Å². The van der Waals surface area contributed by atoms with Gasteiger partial charge in [-0.15, -0.1) is 0 Å². The lowest BCUT2D eigenvalue weighted by Gasteiger charge is -2.34. The largest absolute Gasteiger partial charge is 0.353 e. The second-order valence-electron chi connectivity index (χ2n) is 6.72. The fourth-order valence-corrected chi connectivity index (χ4v) is 3.60. The molecule has 0 spiro atoms. The zero-order valence-corrected chi connectivity index (χ0v) is 15.3. The molecule has 3 aromatic rings. The molecule has 2 aromatic heterocycles. The third-order valence-electron chi connectivity index (χ3n) is 4.98. The SMILES string of the molecule is C[C@@H]1N=C(c2cc(C#N)cc(=O)[nH]2)N[C@]1(c1ccc(F)cc1)c1ccc(F)nc1. The number of aromatic amines is 1. The number of benzene rings is 1. The number of nitrogens with one attached hydrogen (secondary N) is 2. The van der Waals surface area contributed by atoms with Crippen LogP contribution < -0.4 is 10.9 Å². The Morgan fingerprint density at radius 1 is 1.10 bits per heavy atom. The molecule has 29 heavy (non-hydrogen) atoms. The lowest BCUT2D eigenvalue weighted by Crippen LogP contribution is -2.48. The first-order valence-corrected chi connectivity index (χ1v) is 8.81. The Kier molecular flexibility index (Phi) is 4.43. The standard InChI is InChI=1S/C21H15F2N5O/c1-12-21(14-2-5-16(22)6-3-14,15-4-7-18(23)25-11-15)28-20(26-12)17-8-13(10-24)9-19(29)27-17/h2-9,11-12H,1H3,(H,26,28)(H,27,29)/t12-,21+/m0/s1. The number of pyridine rings is 2. The maximum atomic E-state index is 13.5.